The predicted molar refractivity (Wildman–Crippen MR) is 88.8 cm³/mol. The average Bonchev–Trinajstić information content (AvgIpc) is 3.25. The van der Waals surface area contributed by atoms with E-state index in [1.54, 1.807) is 18.2 Å². The molecule has 0 aliphatic heterocycles. The molecule has 6 nitrogen and oxygen atoms in total. The summed E-state index contributed by atoms with van der Waals surface area (Å²) >= 11 is 1.31. The van der Waals surface area contributed by atoms with Crippen LogP contribution in [0.4, 0.5) is 8.78 Å². The number of hydrogen-bond acceptors (Lipinski definition) is 6. The van der Waals surface area contributed by atoms with E-state index >= 15 is 0 Å². The number of benzene rings is 1. The molecule has 0 bridgehead atoms. The molecule has 4 rings (SSSR count). The first-order valence-electron chi connectivity index (χ1n) is 7.32. The number of pyridine rings is 1. The number of aryl methyl sites for hydroxylation is 1. The van der Waals surface area contributed by atoms with Gasteiger partial charge in [-0.25, -0.2) is 18.7 Å². The van der Waals surface area contributed by atoms with E-state index in [1.165, 1.54) is 11.3 Å². The number of aromatic nitrogens is 5. The Balaban J connectivity index is 1.87. The largest absolute Gasteiger partial charge is 0.389 e. The van der Waals surface area contributed by atoms with Gasteiger partial charge in [-0.05, 0) is 25.1 Å². The molecule has 0 atom stereocenters. The lowest BCUT2D eigenvalue weighted by molar-refractivity contribution is 0.281. The summed E-state index contributed by atoms with van der Waals surface area (Å²) < 4.78 is 28.8. The summed E-state index contributed by atoms with van der Waals surface area (Å²) in [6.45, 7) is 1.65. The lowest BCUT2D eigenvalue weighted by Crippen LogP contribution is -1.94. The van der Waals surface area contributed by atoms with Crippen LogP contribution in [-0.2, 0) is 6.61 Å². The smallest absolute Gasteiger partial charge is 0.160 e. The number of hydrogen-bond donors (Lipinski definition) is 2. The van der Waals surface area contributed by atoms with Gasteiger partial charge in [0.15, 0.2) is 17.2 Å². The van der Waals surface area contributed by atoms with Gasteiger partial charge in [0.1, 0.15) is 10.5 Å². The maximum Gasteiger partial charge on any atom is 0.160 e. The quantitative estimate of drug-likeness (QED) is 0.586. The van der Waals surface area contributed by atoms with Crippen molar-refractivity contribution >= 4 is 22.4 Å². The number of rotatable bonds is 3. The van der Waals surface area contributed by atoms with Crippen LogP contribution >= 0.6 is 11.3 Å². The number of fused-ring (bicyclic) bond motifs is 1. The Labute approximate surface area is 144 Å². The molecule has 3 aromatic heterocycles. The van der Waals surface area contributed by atoms with Crippen molar-refractivity contribution in [3.05, 3.63) is 46.6 Å². The second-order valence-corrected chi connectivity index (χ2v) is 6.43. The van der Waals surface area contributed by atoms with E-state index in [1.807, 2.05) is 6.92 Å². The van der Waals surface area contributed by atoms with Gasteiger partial charge in [-0.15, -0.1) is 16.4 Å². The Hall–Kier alpha value is -2.78. The minimum absolute atomic E-state index is 0.0162. The average molecular weight is 359 g/mol. The summed E-state index contributed by atoms with van der Waals surface area (Å²) in [5, 5.41) is 19.1. The molecule has 0 unspecified atom stereocenters. The van der Waals surface area contributed by atoms with Gasteiger partial charge in [0.2, 0.25) is 0 Å². The van der Waals surface area contributed by atoms with Crippen LogP contribution < -0.4 is 0 Å². The third-order valence-corrected chi connectivity index (χ3v) is 4.90. The SMILES string of the molecule is Cc1nc(CO)sc1-c1cccc(-c2cc(F)c3nn[nH]c3c2F)n1. The summed E-state index contributed by atoms with van der Waals surface area (Å²) in [7, 11) is 0. The van der Waals surface area contributed by atoms with Crippen molar-refractivity contribution in [1.29, 1.82) is 0 Å². The third kappa shape index (κ3) is 2.57. The first-order valence-corrected chi connectivity index (χ1v) is 8.14. The van der Waals surface area contributed by atoms with E-state index in [2.05, 4.69) is 25.4 Å². The second kappa shape index (κ2) is 5.94. The minimum Gasteiger partial charge on any atom is -0.389 e. The molecule has 0 amide bonds. The number of aromatic amines is 1. The zero-order valence-electron chi connectivity index (χ0n) is 12.9. The molecule has 9 heteroatoms. The number of nitrogens with zero attached hydrogens (tertiary/aromatic N) is 4. The van der Waals surface area contributed by atoms with Gasteiger partial charge >= 0.3 is 0 Å². The Kier molecular flexibility index (Phi) is 3.74. The minimum atomic E-state index is -0.677. The van der Waals surface area contributed by atoms with E-state index in [-0.39, 0.29) is 28.9 Å². The highest BCUT2D eigenvalue weighted by atomic mass is 32.1. The van der Waals surface area contributed by atoms with Crippen molar-refractivity contribution in [2.45, 2.75) is 13.5 Å². The fourth-order valence-corrected chi connectivity index (χ4v) is 3.49. The predicted octanol–water partition coefficient (Wildman–Crippen LogP) is 3.22. The molecule has 0 spiro atoms. The normalized spacial score (nSPS) is 11.4. The maximum atomic E-state index is 14.7. The van der Waals surface area contributed by atoms with Gasteiger partial charge in [-0.1, -0.05) is 11.3 Å². The molecule has 0 radical (unpaired) electrons. The lowest BCUT2D eigenvalue weighted by Gasteiger charge is -2.06. The molecular formula is C16H11F2N5OS. The highest BCUT2D eigenvalue weighted by Crippen LogP contribution is 2.32. The van der Waals surface area contributed by atoms with Gasteiger partial charge in [0.05, 0.1) is 28.6 Å². The van der Waals surface area contributed by atoms with Crippen LogP contribution in [0.2, 0.25) is 0 Å². The Morgan fingerprint density at radius 1 is 1.20 bits per heavy atom. The molecule has 0 saturated carbocycles. The molecule has 0 aliphatic carbocycles. The number of thiazole rings is 1. The zero-order valence-corrected chi connectivity index (χ0v) is 13.7. The summed E-state index contributed by atoms with van der Waals surface area (Å²) in [5.74, 6) is -1.34. The molecule has 0 fully saturated rings. The summed E-state index contributed by atoms with van der Waals surface area (Å²) in [6, 6.07) is 6.13. The van der Waals surface area contributed by atoms with Crippen molar-refractivity contribution < 1.29 is 13.9 Å². The Morgan fingerprint density at radius 3 is 2.76 bits per heavy atom. The van der Waals surface area contributed by atoms with E-state index in [4.69, 9.17) is 0 Å². The first kappa shape index (κ1) is 15.7. The van der Waals surface area contributed by atoms with Crippen LogP contribution in [-0.4, -0.2) is 30.5 Å². The van der Waals surface area contributed by atoms with Gasteiger partial charge in [0.25, 0.3) is 0 Å². The standard InChI is InChI=1S/C16H11F2N5OS/c1-7-16(25-12(6-24)19-7)11-4-2-3-10(20-11)8-5-9(17)14-15(13(8)18)22-23-21-14/h2-5,24H,6H2,1H3,(H,21,22,23). The molecule has 0 aliphatic rings. The van der Waals surface area contributed by atoms with Crippen molar-refractivity contribution in [2.75, 3.05) is 0 Å². The van der Waals surface area contributed by atoms with Crippen LogP contribution in [0.1, 0.15) is 10.7 Å². The zero-order chi connectivity index (χ0) is 17.6. The molecule has 1 aromatic carbocycles. The maximum absolute atomic E-state index is 14.7. The van der Waals surface area contributed by atoms with Gasteiger partial charge < -0.3 is 5.11 Å². The monoisotopic (exact) mass is 359 g/mol. The van der Waals surface area contributed by atoms with Crippen LogP contribution in [0.15, 0.2) is 24.3 Å². The third-order valence-electron chi connectivity index (χ3n) is 3.74. The van der Waals surface area contributed by atoms with E-state index in [9.17, 15) is 13.9 Å². The van der Waals surface area contributed by atoms with Gasteiger partial charge in [-0.3, -0.25) is 5.10 Å². The fourth-order valence-electron chi connectivity index (χ4n) is 2.60. The number of nitrogens with one attached hydrogen (secondary N) is 1. The summed E-state index contributed by atoms with van der Waals surface area (Å²) in [5.41, 5.74) is 1.35. The highest BCUT2D eigenvalue weighted by molar-refractivity contribution is 7.15. The molecule has 2 N–H and O–H groups in total. The van der Waals surface area contributed by atoms with E-state index < -0.39 is 11.6 Å². The Morgan fingerprint density at radius 2 is 2.00 bits per heavy atom. The van der Waals surface area contributed by atoms with Crippen LogP contribution in [0.5, 0.6) is 0 Å². The fraction of sp³-hybridized carbons (Fsp3) is 0.125. The number of aliphatic hydroxyl groups excluding tert-OH is 1. The summed E-state index contributed by atoms with van der Waals surface area (Å²) in [4.78, 5) is 9.46. The number of H-pyrrole nitrogens is 1. The van der Waals surface area contributed by atoms with E-state index in [0.717, 1.165) is 16.6 Å². The molecule has 4 aromatic rings. The number of halogens is 2. The van der Waals surface area contributed by atoms with E-state index in [0.29, 0.717) is 10.7 Å². The van der Waals surface area contributed by atoms with Crippen LogP contribution in [0.25, 0.3) is 32.9 Å². The van der Waals surface area contributed by atoms with Gasteiger partial charge in [-0.2, -0.15) is 0 Å². The molecular weight excluding hydrogens is 348 g/mol. The summed E-state index contributed by atoms with van der Waals surface area (Å²) in [6.07, 6.45) is 0. The molecule has 3 heterocycles. The van der Waals surface area contributed by atoms with Gasteiger partial charge in [0, 0.05) is 5.56 Å². The van der Waals surface area contributed by atoms with Crippen molar-refractivity contribution in [3.63, 3.8) is 0 Å². The first-order chi connectivity index (χ1) is 12.1. The topological polar surface area (TPSA) is 87.6 Å². The molecule has 25 heavy (non-hydrogen) atoms. The molecule has 126 valence electrons. The highest BCUT2D eigenvalue weighted by Gasteiger charge is 2.18. The lowest BCUT2D eigenvalue weighted by atomic mass is 10.1. The second-order valence-electron chi connectivity index (χ2n) is 5.34. The molecule has 0 saturated heterocycles. The van der Waals surface area contributed by atoms with Crippen molar-refractivity contribution in [3.8, 4) is 21.8 Å². The van der Waals surface area contributed by atoms with Crippen LogP contribution in [0, 0.1) is 18.6 Å². The van der Waals surface area contributed by atoms with Crippen molar-refractivity contribution in [2.24, 2.45) is 0 Å². The van der Waals surface area contributed by atoms with Crippen LogP contribution in [0.3, 0.4) is 0 Å². The van der Waals surface area contributed by atoms with Crippen molar-refractivity contribution in [1.82, 2.24) is 25.4 Å². The number of aliphatic hydroxyl groups is 1. The Bertz CT molecular complexity index is 1090.